The van der Waals surface area contributed by atoms with Crippen molar-refractivity contribution in [2.24, 2.45) is 5.10 Å². The Morgan fingerprint density at radius 3 is 2.74 bits per heavy atom. The van der Waals surface area contributed by atoms with Crippen molar-refractivity contribution in [3.8, 4) is 11.5 Å². The lowest BCUT2D eigenvalue weighted by molar-refractivity contribution is 0.203. The number of rotatable bonds is 8. The minimum absolute atomic E-state index is 0.0605. The Hall–Kier alpha value is -1.53. The third-order valence-electron chi connectivity index (χ3n) is 2.94. The molecule has 0 aliphatic carbocycles. The second-order valence-corrected chi connectivity index (χ2v) is 5.64. The molecule has 1 aromatic carbocycles. The molecule has 1 atom stereocenters. The lowest BCUT2D eigenvalue weighted by atomic mass is 10.2. The van der Waals surface area contributed by atoms with Crippen LogP contribution in [-0.4, -0.2) is 30.6 Å². The van der Waals surface area contributed by atoms with Gasteiger partial charge in [0.15, 0.2) is 16.6 Å². The van der Waals surface area contributed by atoms with Gasteiger partial charge in [-0.25, -0.2) is 0 Å². The number of nitrogens with one attached hydrogen (secondary N) is 2. The van der Waals surface area contributed by atoms with Gasteiger partial charge in [0, 0.05) is 6.54 Å². The van der Waals surface area contributed by atoms with Crippen LogP contribution < -0.4 is 20.2 Å². The Kier molecular flexibility index (Phi) is 8.73. The van der Waals surface area contributed by atoms with E-state index in [4.69, 9.17) is 33.3 Å². The monoisotopic (exact) mass is 357 g/mol. The molecule has 0 radical (unpaired) electrons. The van der Waals surface area contributed by atoms with Crippen molar-refractivity contribution in [1.82, 2.24) is 10.7 Å². The molecule has 5 nitrogen and oxygen atoms in total. The minimum atomic E-state index is 0.0605. The molecule has 1 rings (SSSR count). The standard InChI is InChI=1S/C16H24ClN3O2S/c1-5-11(4)22-15-13(17)8-12(9-14(15)21-7-3)10-19-20-16(23)18-6-2/h8-11H,5-7H2,1-4H3,(H2,18,20,23). The maximum Gasteiger partial charge on any atom is 0.186 e. The molecule has 0 heterocycles. The fraction of sp³-hybridized carbons (Fsp3) is 0.500. The summed E-state index contributed by atoms with van der Waals surface area (Å²) >= 11 is 11.4. The summed E-state index contributed by atoms with van der Waals surface area (Å²) in [4.78, 5) is 0. The number of nitrogens with zero attached hydrogens (tertiary/aromatic N) is 1. The lowest BCUT2D eigenvalue weighted by Gasteiger charge is -2.18. The third-order valence-corrected chi connectivity index (χ3v) is 3.46. The first kappa shape index (κ1) is 19.5. The summed E-state index contributed by atoms with van der Waals surface area (Å²) in [5.41, 5.74) is 3.53. The molecular weight excluding hydrogens is 334 g/mol. The van der Waals surface area contributed by atoms with Crippen LogP contribution in [0.2, 0.25) is 5.02 Å². The maximum absolute atomic E-state index is 6.34. The summed E-state index contributed by atoms with van der Waals surface area (Å²) in [6, 6.07) is 3.62. The first-order valence-electron chi connectivity index (χ1n) is 7.71. The number of hydrogen-bond donors (Lipinski definition) is 2. The molecule has 0 aliphatic heterocycles. The van der Waals surface area contributed by atoms with E-state index in [0.29, 0.717) is 28.2 Å². The topological polar surface area (TPSA) is 54.9 Å². The molecule has 0 spiro atoms. The molecular formula is C16H24ClN3O2S. The van der Waals surface area contributed by atoms with E-state index in [1.807, 2.05) is 26.8 Å². The van der Waals surface area contributed by atoms with Crippen LogP contribution in [0.3, 0.4) is 0 Å². The van der Waals surface area contributed by atoms with Crippen LogP contribution in [0, 0.1) is 0 Å². The van der Waals surface area contributed by atoms with E-state index in [0.717, 1.165) is 18.5 Å². The number of hydrogen-bond acceptors (Lipinski definition) is 4. The predicted octanol–water partition coefficient (Wildman–Crippen LogP) is 3.73. The van der Waals surface area contributed by atoms with Crippen molar-refractivity contribution in [3.05, 3.63) is 22.7 Å². The molecule has 7 heteroatoms. The van der Waals surface area contributed by atoms with Gasteiger partial charge in [-0.05, 0) is 57.1 Å². The smallest absolute Gasteiger partial charge is 0.186 e. The van der Waals surface area contributed by atoms with Crippen LogP contribution in [0.25, 0.3) is 0 Å². The van der Waals surface area contributed by atoms with Gasteiger partial charge in [0.25, 0.3) is 0 Å². The second-order valence-electron chi connectivity index (χ2n) is 4.83. The fourth-order valence-corrected chi connectivity index (χ4v) is 2.15. The molecule has 0 amide bonds. The van der Waals surface area contributed by atoms with E-state index in [1.165, 1.54) is 0 Å². The lowest BCUT2D eigenvalue weighted by Crippen LogP contribution is -2.31. The molecule has 128 valence electrons. The number of benzene rings is 1. The van der Waals surface area contributed by atoms with E-state index in [2.05, 4.69) is 22.8 Å². The number of ether oxygens (including phenoxy) is 2. The maximum atomic E-state index is 6.34. The van der Waals surface area contributed by atoms with E-state index < -0.39 is 0 Å². The van der Waals surface area contributed by atoms with E-state index in [-0.39, 0.29) is 6.10 Å². The second kappa shape index (κ2) is 10.3. The number of thiocarbonyl (C=S) groups is 1. The highest BCUT2D eigenvalue weighted by molar-refractivity contribution is 7.80. The van der Waals surface area contributed by atoms with Gasteiger partial charge in [-0.1, -0.05) is 18.5 Å². The SMILES string of the molecule is CCNC(=S)NN=Cc1cc(Cl)c(OC(C)CC)c(OCC)c1. The van der Waals surface area contributed by atoms with Crippen molar-refractivity contribution in [2.45, 2.75) is 40.2 Å². The largest absolute Gasteiger partial charge is 0.490 e. The van der Waals surface area contributed by atoms with Gasteiger partial charge in [0.1, 0.15) is 0 Å². The fourth-order valence-electron chi connectivity index (χ4n) is 1.69. The molecule has 0 saturated carbocycles. The summed E-state index contributed by atoms with van der Waals surface area (Å²) in [6.07, 6.45) is 2.58. The quantitative estimate of drug-likeness (QED) is 0.422. The normalized spacial score (nSPS) is 12.0. The van der Waals surface area contributed by atoms with Gasteiger partial charge in [-0.3, -0.25) is 5.43 Å². The molecule has 0 saturated heterocycles. The first-order chi connectivity index (χ1) is 11.0. The molecule has 0 aliphatic rings. The Morgan fingerprint density at radius 2 is 2.13 bits per heavy atom. The Labute approximate surface area is 148 Å². The Bertz CT molecular complexity index is 552. The van der Waals surface area contributed by atoms with Crippen LogP contribution >= 0.6 is 23.8 Å². The van der Waals surface area contributed by atoms with Gasteiger partial charge in [0.2, 0.25) is 0 Å². The average molecular weight is 358 g/mol. The highest BCUT2D eigenvalue weighted by Gasteiger charge is 2.14. The zero-order chi connectivity index (χ0) is 17.2. The zero-order valence-corrected chi connectivity index (χ0v) is 15.6. The van der Waals surface area contributed by atoms with E-state index in [9.17, 15) is 0 Å². The van der Waals surface area contributed by atoms with Crippen LogP contribution in [0.4, 0.5) is 0 Å². The van der Waals surface area contributed by atoms with Gasteiger partial charge < -0.3 is 14.8 Å². The summed E-state index contributed by atoms with van der Waals surface area (Å²) in [7, 11) is 0. The van der Waals surface area contributed by atoms with Crippen LogP contribution in [0.15, 0.2) is 17.2 Å². The van der Waals surface area contributed by atoms with Crippen molar-refractivity contribution in [3.63, 3.8) is 0 Å². The van der Waals surface area contributed by atoms with E-state index in [1.54, 1.807) is 12.3 Å². The van der Waals surface area contributed by atoms with Crippen LogP contribution in [0.5, 0.6) is 11.5 Å². The molecule has 0 fully saturated rings. The molecule has 0 aromatic heterocycles. The minimum Gasteiger partial charge on any atom is -0.490 e. The highest BCUT2D eigenvalue weighted by atomic mass is 35.5. The Morgan fingerprint density at radius 1 is 1.39 bits per heavy atom. The van der Waals surface area contributed by atoms with Gasteiger partial charge in [-0.15, -0.1) is 0 Å². The zero-order valence-electron chi connectivity index (χ0n) is 14.0. The van der Waals surface area contributed by atoms with Gasteiger partial charge >= 0.3 is 0 Å². The van der Waals surface area contributed by atoms with Crippen LogP contribution in [-0.2, 0) is 0 Å². The molecule has 1 aromatic rings. The summed E-state index contributed by atoms with van der Waals surface area (Å²) < 4.78 is 11.5. The molecule has 0 bridgehead atoms. The van der Waals surface area contributed by atoms with Crippen LogP contribution in [0.1, 0.15) is 39.7 Å². The predicted molar refractivity (Wildman–Crippen MR) is 100 cm³/mol. The van der Waals surface area contributed by atoms with Crippen molar-refractivity contribution >= 4 is 35.1 Å². The number of hydrazone groups is 1. The molecule has 2 N–H and O–H groups in total. The summed E-state index contributed by atoms with van der Waals surface area (Å²) in [5, 5.41) is 7.98. The summed E-state index contributed by atoms with van der Waals surface area (Å²) in [6.45, 7) is 9.19. The third kappa shape index (κ3) is 6.62. The van der Waals surface area contributed by atoms with Crippen molar-refractivity contribution < 1.29 is 9.47 Å². The van der Waals surface area contributed by atoms with Crippen molar-refractivity contribution in [2.75, 3.05) is 13.2 Å². The molecule has 23 heavy (non-hydrogen) atoms. The average Bonchev–Trinajstić information content (AvgIpc) is 2.51. The first-order valence-corrected chi connectivity index (χ1v) is 8.50. The van der Waals surface area contributed by atoms with E-state index >= 15 is 0 Å². The number of halogens is 1. The highest BCUT2D eigenvalue weighted by Crippen LogP contribution is 2.37. The Balaban J connectivity index is 2.94. The van der Waals surface area contributed by atoms with Gasteiger partial charge in [-0.2, -0.15) is 5.10 Å². The van der Waals surface area contributed by atoms with Gasteiger partial charge in [0.05, 0.1) is 23.9 Å². The van der Waals surface area contributed by atoms with Crippen molar-refractivity contribution in [1.29, 1.82) is 0 Å². The molecule has 1 unspecified atom stereocenters. The summed E-state index contributed by atoms with van der Waals surface area (Å²) in [5.74, 6) is 1.17.